The van der Waals surface area contributed by atoms with Crippen LogP contribution in [-0.2, 0) is 13.1 Å². The van der Waals surface area contributed by atoms with Crippen LogP contribution in [0.1, 0.15) is 116 Å². The first-order valence-electron chi connectivity index (χ1n) is 15.3. The van der Waals surface area contributed by atoms with Crippen molar-refractivity contribution in [1.82, 2.24) is 9.80 Å². The molecule has 0 atom stereocenters. The van der Waals surface area contributed by atoms with E-state index < -0.39 is 0 Å². The molecule has 202 valence electrons. The zero-order valence-corrected chi connectivity index (χ0v) is 24.2. The van der Waals surface area contributed by atoms with Crippen molar-refractivity contribution in [2.24, 2.45) is 0 Å². The molecule has 0 heterocycles. The molecule has 0 radical (unpaired) electrons. The molecule has 2 aromatic rings. The van der Waals surface area contributed by atoms with Gasteiger partial charge in [-0.3, -0.25) is 9.80 Å². The van der Waals surface area contributed by atoms with Gasteiger partial charge in [-0.2, -0.15) is 0 Å². The van der Waals surface area contributed by atoms with Gasteiger partial charge in [0.2, 0.25) is 0 Å². The fraction of sp³-hybridized carbons (Fsp3) is 0.647. The van der Waals surface area contributed by atoms with Gasteiger partial charge in [-0.15, -0.1) is 0 Å². The lowest BCUT2D eigenvalue weighted by Gasteiger charge is -2.26. The van der Waals surface area contributed by atoms with Crippen LogP contribution in [-0.4, -0.2) is 36.0 Å². The van der Waals surface area contributed by atoms with Crippen LogP contribution < -0.4 is 0 Å². The third-order valence-corrected chi connectivity index (χ3v) is 7.42. The lowest BCUT2D eigenvalue weighted by molar-refractivity contribution is 0.254. The first-order chi connectivity index (χ1) is 17.7. The summed E-state index contributed by atoms with van der Waals surface area (Å²) in [6, 6.07) is 18.4. The molecule has 0 N–H and O–H groups in total. The third-order valence-electron chi connectivity index (χ3n) is 7.42. The molecule has 2 rings (SSSR count). The smallest absolute Gasteiger partial charge is 0.0239 e. The maximum atomic E-state index is 2.71. The minimum Gasteiger partial charge on any atom is -0.299 e. The molecule has 0 saturated heterocycles. The number of benzene rings is 2. The molecule has 0 aromatic heterocycles. The zero-order chi connectivity index (χ0) is 25.8. The van der Waals surface area contributed by atoms with Gasteiger partial charge in [0.25, 0.3) is 0 Å². The van der Waals surface area contributed by atoms with Crippen molar-refractivity contribution in [2.45, 2.75) is 118 Å². The lowest BCUT2D eigenvalue weighted by atomic mass is 9.94. The van der Waals surface area contributed by atoms with Crippen LogP contribution in [0.5, 0.6) is 0 Å². The molecule has 0 spiro atoms. The van der Waals surface area contributed by atoms with Gasteiger partial charge in [0.15, 0.2) is 0 Å². The Morgan fingerprint density at radius 2 is 0.778 bits per heavy atom. The van der Waals surface area contributed by atoms with Crippen LogP contribution in [0.25, 0.3) is 11.1 Å². The molecule has 0 bridgehead atoms. The van der Waals surface area contributed by atoms with E-state index in [4.69, 9.17) is 0 Å². The molecule has 0 aliphatic carbocycles. The van der Waals surface area contributed by atoms with Crippen LogP contribution in [0, 0.1) is 0 Å². The summed E-state index contributed by atoms with van der Waals surface area (Å²) >= 11 is 0. The van der Waals surface area contributed by atoms with Crippen molar-refractivity contribution in [3.05, 3.63) is 59.7 Å². The van der Waals surface area contributed by atoms with E-state index in [0.717, 1.165) is 13.1 Å². The predicted octanol–water partition coefficient (Wildman–Crippen LogP) is 9.72. The largest absolute Gasteiger partial charge is 0.299 e. The summed E-state index contributed by atoms with van der Waals surface area (Å²) in [5.74, 6) is 0. The summed E-state index contributed by atoms with van der Waals surface area (Å²) in [7, 11) is 0. The monoisotopic (exact) mass is 492 g/mol. The molecule has 36 heavy (non-hydrogen) atoms. The van der Waals surface area contributed by atoms with E-state index in [0.29, 0.717) is 0 Å². The van der Waals surface area contributed by atoms with E-state index in [-0.39, 0.29) is 0 Å². The Balaban J connectivity index is 2.21. The fourth-order valence-corrected chi connectivity index (χ4v) is 5.15. The molecule has 0 fully saturated rings. The predicted molar refractivity (Wildman–Crippen MR) is 161 cm³/mol. The Morgan fingerprint density at radius 3 is 1.17 bits per heavy atom. The van der Waals surface area contributed by atoms with Crippen LogP contribution in [0.3, 0.4) is 0 Å². The summed E-state index contributed by atoms with van der Waals surface area (Å²) in [6.07, 6.45) is 15.8. The van der Waals surface area contributed by atoms with Crippen molar-refractivity contribution in [2.75, 3.05) is 26.2 Å². The topological polar surface area (TPSA) is 6.48 Å². The highest BCUT2D eigenvalue weighted by Crippen LogP contribution is 2.29. The van der Waals surface area contributed by atoms with Gasteiger partial charge in [0, 0.05) is 13.1 Å². The number of hydrogen-bond donors (Lipinski definition) is 0. The summed E-state index contributed by atoms with van der Waals surface area (Å²) in [5.41, 5.74) is 5.84. The van der Waals surface area contributed by atoms with Gasteiger partial charge in [-0.05, 0) is 74.1 Å². The average molecular weight is 493 g/mol. The summed E-state index contributed by atoms with van der Waals surface area (Å²) < 4.78 is 0. The van der Waals surface area contributed by atoms with E-state index in [1.165, 1.54) is 125 Å². The van der Waals surface area contributed by atoms with E-state index in [9.17, 15) is 0 Å². The number of hydrogen-bond acceptors (Lipinski definition) is 2. The highest BCUT2D eigenvalue weighted by Gasteiger charge is 2.14. The van der Waals surface area contributed by atoms with E-state index in [1.54, 1.807) is 0 Å². The summed E-state index contributed by atoms with van der Waals surface area (Å²) in [5, 5.41) is 0. The van der Waals surface area contributed by atoms with Gasteiger partial charge >= 0.3 is 0 Å². The molecule has 2 aromatic carbocycles. The lowest BCUT2D eigenvalue weighted by Crippen LogP contribution is -2.26. The average Bonchev–Trinajstić information content (AvgIpc) is 2.91. The molecule has 0 unspecified atom stereocenters. The second-order valence-corrected chi connectivity index (χ2v) is 10.7. The van der Waals surface area contributed by atoms with E-state index >= 15 is 0 Å². The Kier molecular flexibility index (Phi) is 16.5. The highest BCUT2D eigenvalue weighted by molar-refractivity contribution is 5.70. The van der Waals surface area contributed by atoms with E-state index in [1.807, 2.05) is 0 Å². The number of rotatable bonds is 21. The van der Waals surface area contributed by atoms with Gasteiger partial charge in [-0.25, -0.2) is 0 Å². The van der Waals surface area contributed by atoms with Gasteiger partial charge in [0.1, 0.15) is 0 Å². The molecule has 0 aliphatic rings. The molecule has 0 saturated carbocycles. The van der Waals surface area contributed by atoms with Gasteiger partial charge in [0.05, 0.1) is 0 Å². The van der Waals surface area contributed by atoms with Crippen molar-refractivity contribution < 1.29 is 0 Å². The summed E-state index contributed by atoms with van der Waals surface area (Å²) in [6.45, 7) is 16.2. The zero-order valence-electron chi connectivity index (χ0n) is 24.2. The van der Waals surface area contributed by atoms with Crippen molar-refractivity contribution in [3.8, 4) is 11.1 Å². The third kappa shape index (κ3) is 11.6. The molecule has 0 aliphatic heterocycles. The minimum absolute atomic E-state index is 1.06. The highest BCUT2D eigenvalue weighted by atomic mass is 15.1. The van der Waals surface area contributed by atoms with Crippen LogP contribution in [0.15, 0.2) is 48.5 Å². The van der Waals surface area contributed by atoms with Crippen LogP contribution >= 0.6 is 0 Å². The Bertz CT molecular complexity index is 732. The summed E-state index contributed by atoms with van der Waals surface area (Å²) in [4.78, 5) is 5.42. The molecule has 0 amide bonds. The van der Waals surface area contributed by atoms with Crippen molar-refractivity contribution >= 4 is 0 Å². The second-order valence-electron chi connectivity index (χ2n) is 10.7. The Hall–Kier alpha value is -1.64. The van der Waals surface area contributed by atoms with Gasteiger partial charge in [-0.1, -0.05) is 128 Å². The quantitative estimate of drug-likeness (QED) is 0.160. The number of unbranched alkanes of at least 4 members (excludes halogenated alkanes) is 8. The molecule has 2 heteroatoms. The van der Waals surface area contributed by atoms with Crippen LogP contribution in [0.4, 0.5) is 0 Å². The van der Waals surface area contributed by atoms with Gasteiger partial charge < -0.3 is 0 Å². The molecular weight excluding hydrogens is 436 g/mol. The Morgan fingerprint density at radius 1 is 0.417 bits per heavy atom. The number of nitrogens with zero attached hydrogens (tertiary/aromatic N) is 2. The normalized spacial score (nSPS) is 11.6. The standard InChI is InChI=1S/C34H56N2/c1-5-9-13-19-27-35(25-11-7-3)29-31-21-15-17-23-33(31)34-24-18-16-22-32(34)30-36(26-12-8-4)28-20-14-10-6-2/h15-18,21-24H,5-14,19-20,25-30H2,1-4H3. The SMILES string of the molecule is CCCCCCN(CCCC)Cc1ccccc1-c1ccccc1CN(CCCC)CCCCCC. The van der Waals surface area contributed by atoms with Crippen LogP contribution in [0.2, 0.25) is 0 Å². The minimum atomic E-state index is 1.06. The first kappa shape index (κ1) is 30.6. The molecule has 2 nitrogen and oxygen atoms in total. The molecular formula is C34H56N2. The first-order valence-corrected chi connectivity index (χ1v) is 15.3. The maximum Gasteiger partial charge on any atom is 0.0239 e. The van der Waals surface area contributed by atoms with Crippen molar-refractivity contribution in [1.29, 1.82) is 0 Å². The second kappa shape index (κ2) is 19.5. The van der Waals surface area contributed by atoms with Crippen molar-refractivity contribution in [3.63, 3.8) is 0 Å². The van der Waals surface area contributed by atoms with E-state index in [2.05, 4.69) is 86.0 Å². The Labute approximate surface area is 224 Å². The fourth-order valence-electron chi connectivity index (χ4n) is 5.15. The maximum absolute atomic E-state index is 2.71.